The molecule has 1 fully saturated rings. The maximum Gasteiger partial charge on any atom is 0.236 e. The second-order valence-corrected chi connectivity index (χ2v) is 9.68. The number of rotatable bonds is 5. The van der Waals surface area contributed by atoms with Crippen molar-refractivity contribution in [2.24, 2.45) is 5.92 Å². The van der Waals surface area contributed by atoms with Crippen LogP contribution in [0.4, 0.5) is 5.69 Å². The molecular weight excluding hydrogens is 442 g/mol. The second-order valence-electron chi connectivity index (χ2n) is 9.29. The third kappa shape index (κ3) is 3.92. The minimum Gasteiger partial charge on any atom is -0.467 e. The Morgan fingerprint density at radius 1 is 1.09 bits per heavy atom. The Hall–Kier alpha value is -3.38. The fourth-order valence-electron chi connectivity index (χ4n) is 5.17. The number of carbonyl (C=O) groups is 1. The van der Waals surface area contributed by atoms with Crippen molar-refractivity contribution in [3.05, 3.63) is 95.1 Å². The molecule has 34 heavy (non-hydrogen) atoms. The van der Waals surface area contributed by atoms with Crippen LogP contribution in [0.2, 0.25) is 0 Å². The molecule has 0 saturated carbocycles. The van der Waals surface area contributed by atoms with Crippen molar-refractivity contribution in [2.45, 2.75) is 39.0 Å². The zero-order valence-electron chi connectivity index (χ0n) is 19.7. The fraction of sp³-hybridized carbons (Fsp3) is 0.286. The Morgan fingerprint density at radius 2 is 1.82 bits per heavy atom. The summed E-state index contributed by atoms with van der Waals surface area (Å²) in [6.07, 6.45) is 0.791. The Bertz CT molecular complexity index is 1250. The number of nitrogens with one attached hydrogen (secondary N) is 2. The van der Waals surface area contributed by atoms with Gasteiger partial charge < -0.3 is 20.3 Å². The smallest absolute Gasteiger partial charge is 0.236 e. The highest BCUT2D eigenvalue weighted by atomic mass is 32.1. The first-order chi connectivity index (χ1) is 16.4. The van der Waals surface area contributed by atoms with Crippen molar-refractivity contribution in [1.82, 2.24) is 10.2 Å². The highest BCUT2D eigenvalue weighted by Crippen LogP contribution is 2.48. The monoisotopic (exact) mass is 471 g/mol. The van der Waals surface area contributed by atoms with E-state index < -0.39 is 11.6 Å². The normalized spacial score (nSPS) is 22.9. The summed E-state index contributed by atoms with van der Waals surface area (Å²) in [6, 6.07) is 24.0. The predicted octanol–water partition coefficient (Wildman–Crippen LogP) is 5.14. The lowest BCUT2D eigenvalue weighted by atomic mass is 9.78. The summed E-state index contributed by atoms with van der Waals surface area (Å²) in [6.45, 7) is 6.68. The number of thiocarbonyl (C=S) groups is 1. The molecule has 5 rings (SSSR count). The molecule has 2 heterocycles. The van der Waals surface area contributed by atoms with Crippen LogP contribution < -0.4 is 15.4 Å². The summed E-state index contributed by atoms with van der Waals surface area (Å²) in [5, 5.41) is 7.25. The number of hydrogen-bond acceptors (Lipinski definition) is 3. The molecule has 0 aliphatic carbocycles. The molecule has 0 spiro atoms. The summed E-state index contributed by atoms with van der Waals surface area (Å²) in [5.41, 5.74) is 4.24. The van der Waals surface area contributed by atoms with Crippen molar-refractivity contribution in [2.75, 3.05) is 11.9 Å². The molecule has 2 aliphatic heterocycles. The van der Waals surface area contributed by atoms with Gasteiger partial charge in [0.2, 0.25) is 5.91 Å². The lowest BCUT2D eigenvalue weighted by molar-refractivity contribution is -0.149. The lowest BCUT2D eigenvalue weighted by Gasteiger charge is -2.56. The van der Waals surface area contributed by atoms with Crippen LogP contribution in [0.25, 0.3) is 0 Å². The number of benzene rings is 3. The van der Waals surface area contributed by atoms with E-state index >= 15 is 0 Å². The lowest BCUT2D eigenvalue weighted by Crippen LogP contribution is -2.71. The molecule has 3 aromatic carbocycles. The van der Waals surface area contributed by atoms with E-state index in [4.69, 9.17) is 17.0 Å². The number of aryl methyl sites for hydroxylation is 2. The SMILES string of the molecule is Cc1ccc(NC(=O)[C@H]2[C@H]3NC(=S)N(CCc4ccccc4)[C@@]2(C)Oc2ccccc23)c(C)c1. The highest BCUT2D eigenvalue weighted by Gasteiger charge is 2.58. The summed E-state index contributed by atoms with van der Waals surface area (Å²) in [4.78, 5) is 15.9. The van der Waals surface area contributed by atoms with Gasteiger partial charge in [0.25, 0.3) is 0 Å². The standard InChI is InChI=1S/C28H29N3O2S/c1-18-13-14-22(19(2)17-18)29-26(32)24-25-21-11-7-8-12-23(21)33-28(24,3)31(27(34)30-25)16-15-20-9-5-4-6-10-20/h4-14,17,24-25H,15-16H2,1-3H3,(H,29,32)(H,30,34)/t24-,25+,28+/m1/s1. The molecular formula is C28H29N3O2S. The van der Waals surface area contributed by atoms with Gasteiger partial charge in [-0.2, -0.15) is 0 Å². The van der Waals surface area contributed by atoms with Crippen molar-refractivity contribution in [3.63, 3.8) is 0 Å². The number of para-hydroxylation sites is 1. The minimum atomic E-state index is -0.932. The molecule has 3 aromatic rings. The van der Waals surface area contributed by atoms with Gasteiger partial charge in [-0.1, -0.05) is 66.2 Å². The van der Waals surface area contributed by atoms with Crippen LogP contribution in [-0.2, 0) is 11.2 Å². The van der Waals surface area contributed by atoms with Crippen LogP contribution in [0, 0.1) is 19.8 Å². The van der Waals surface area contributed by atoms with Crippen LogP contribution in [0.15, 0.2) is 72.8 Å². The first kappa shape index (κ1) is 22.4. The van der Waals surface area contributed by atoms with Gasteiger partial charge in [-0.05, 0) is 62.7 Å². The van der Waals surface area contributed by atoms with Gasteiger partial charge in [0.1, 0.15) is 11.7 Å². The number of fused-ring (bicyclic) bond motifs is 4. The second kappa shape index (κ2) is 8.76. The van der Waals surface area contributed by atoms with Crippen molar-refractivity contribution in [3.8, 4) is 5.75 Å². The predicted molar refractivity (Wildman–Crippen MR) is 139 cm³/mol. The molecule has 0 radical (unpaired) electrons. The molecule has 0 aromatic heterocycles. The van der Waals surface area contributed by atoms with Crippen LogP contribution in [0.5, 0.6) is 5.75 Å². The third-order valence-electron chi connectivity index (χ3n) is 6.93. The quantitative estimate of drug-likeness (QED) is 0.505. The molecule has 0 unspecified atom stereocenters. The van der Waals surface area contributed by atoms with Crippen LogP contribution in [0.1, 0.15) is 35.2 Å². The van der Waals surface area contributed by atoms with E-state index in [1.54, 1.807) is 0 Å². The Labute approximate surface area is 206 Å². The topological polar surface area (TPSA) is 53.6 Å². The van der Waals surface area contributed by atoms with Gasteiger partial charge in [0.15, 0.2) is 10.8 Å². The molecule has 174 valence electrons. The zero-order valence-corrected chi connectivity index (χ0v) is 20.5. The van der Waals surface area contributed by atoms with Crippen LogP contribution >= 0.6 is 12.2 Å². The minimum absolute atomic E-state index is 0.0892. The summed E-state index contributed by atoms with van der Waals surface area (Å²) < 4.78 is 6.62. The first-order valence-corrected chi connectivity index (χ1v) is 12.1. The molecule has 1 saturated heterocycles. The van der Waals surface area contributed by atoms with Crippen LogP contribution in [-0.4, -0.2) is 28.2 Å². The van der Waals surface area contributed by atoms with Crippen molar-refractivity contribution < 1.29 is 9.53 Å². The van der Waals surface area contributed by atoms with E-state index in [1.165, 1.54) is 5.56 Å². The van der Waals surface area contributed by atoms with Gasteiger partial charge in [0.05, 0.1) is 6.04 Å². The van der Waals surface area contributed by atoms with E-state index in [0.29, 0.717) is 11.7 Å². The van der Waals surface area contributed by atoms with Gasteiger partial charge in [0, 0.05) is 17.8 Å². The summed E-state index contributed by atoms with van der Waals surface area (Å²) in [7, 11) is 0. The van der Waals surface area contributed by atoms with E-state index in [-0.39, 0.29) is 11.9 Å². The molecule has 2 bridgehead atoms. The molecule has 3 atom stereocenters. The Morgan fingerprint density at radius 3 is 2.59 bits per heavy atom. The first-order valence-electron chi connectivity index (χ1n) is 11.6. The molecule has 2 aliphatic rings. The van der Waals surface area contributed by atoms with Crippen molar-refractivity contribution >= 4 is 28.9 Å². The average Bonchev–Trinajstić information content (AvgIpc) is 2.81. The largest absolute Gasteiger partial charge is 0.467 e. The number of anilines is 1. The average molecular weight is 472 g/mol. The summed E-state index contributed by atoms with van der Waals surface area (Å²) in [5.74, 6) is 0.185. The number of hydrogen-bond donors (Lipinski definition) is 2. The van der Waals surface area contributed by atoms with E-state index in [1.807, 2.05) is 80.3 Å². The Kier molecular flexibility index (Phi) is 5.78. The van der Waals surface area contributed by atoms with Crippen molar-refractivity contribution in [1.29, 1.82) is 0 Å². The fourth-order valence-corrected chi connectivity index (χ4v) is 5.57. The molecule has 1 amide bonds. The number of amides is 1. The van der Waals surface area contributed by atoms with E-state index in [9.17, 15) is 4.79 Å². The van der Waals surface area contributed by atoms with Gasteiger partial charge >= 0.3 is 0 Å². The van der Waals surface area contributed by atoms with Gasteiger partial charge in [-0.15, -0.1) is 0 Å². The molecule has 6 heteroatoms. The maximum absolute atomic E-state index is 13.9. The van der Waals surface area contributed by atoms with Crippen LogP contribution in [0.3, 0.4) is 0 Å². The number of ether oxygens (including phenoxy) is 1. The van der Waals surface area contributed by atoms with Gasteiger partial charge in [-0.3, -0.25) is 4.79 Å². The number of carbonyl (C=O) groups excluding carboxylic acids is 1. The summed E-state index contributed by atoms with van der Waals surface area (Å²) >= 11 is 5.81. The van der Waals surface area contributed by atoms with E-state index in [2.05, 4.69) is 28.8 Å². The van der Waals surface area contributed by atoms with Gasteiger partial charge in [-0.25, -0.2) is 0 Å². The zero-order chi connectivity index (χ0) is 23.9. The number of nitrogens with zero attached hydrogens (tertiary/aromatic N) is 1. The maximum atomic E-state index is 13.9. The highest BCUT2D eigenvalue weighted by molar-refractivity contribution is 7.80. The molecule has 2 N–H and O–H groups in total. The third-order valence-corrected chi connectivity index (χ3v) is 7.27. The molecule has 5 nitrogen and oxygen atoms in total. The Balaban J connectivity index is 1.51. The van der Waals surface area contributed by atoms with E-state index in [0.717, 1.165) is 34.5 Å².